The van der Waals surface area contributed by atoms with Crippen LogP contribution in [0.3, 0.4) is 0 Å². The number of hydrogen-bond acceptors (Lipinski definition) is 11. The number of hydrogen-bond donors (Lipinski definition) is 3. The standard InChI is InChI=1S/C15H21N3O8/c16-5-10-8(2-12(21)22)7(1-11(19)20)9(3-13(23)24)15(6-17,18-10)4-14(25)26/h18H,1-6,16-17H2,(H,19,20)(H,21,22)(H,23,24)(H,25,26)/p-4. The Balaban J connectivity index is 3.77. The van der Waals surface area contributed by atoms with E-state index >= 15 is 0 Å². The van der Waals surface area contributed by atoms with Gasteiger partial charge in [-0.2, -0.15) is 0 Å². The Bertz CT molecular complexity index is 697. The van der Waals surface area contributed by atoms with Crippen LogP contribution in [0.2, 0.25) is 0 Å². The number of aliphatic carboxylic acids is 4. The average molecular weight is 367 g/mol. The molecule has 0 bridgehead atoms. The molecule has 0 fully saturated rings. The SMILES string of the molecule is NCC1=C(CC(=O)[O-])C(CC(=O)[O-])=C(CC(=O)[O-])C(CN)(CC(=O)[O-])N1. The van der Waals surface area contributed by atoms with Crippen LogP contribution in [-0.2, 0) is 19.2 Å². The van der Waals surface area contributed by atoms with Crippen LogP contribution in [0.1, 0.15) is 25.7 Å². The fourth-order valence-electron chi connectivity index (χ4n) is 3.05. The van der Waals surface area contributed by atoms with Crippen LogP contribution in [-0.4, -0.2) is 42.5 Å². The van der Waals surface area contributed by atoms with Gasteiger partial charge in [0.2, 0.25) is 0 Å². The third-order valence-electron chi connectivity index (χ3n) is 4.02. The second-order valence-corrected chi connectivity index (χ2v) is 5.72. The number of carbonyl (C=O) groups is 4. The highest BCUT2D eigenvalue weighted by molar-refractivity contribution is 5.79. The van der Waals surface area contributed by atoms with E-state index in [4.69, 9.17) is 11.5 Å². The topological polar surface area (TPSA) is 225 Å². The van der Waals surface area contributed by atoms with Crippen LogP contribution >= 0.6 is 0 Å². The van der Waals surface area contributed by atoms with Crippen molar-refractivity contribution in [2.75, 3.05) is 13.1 Å². The van der Waals surface area contributed by atoms with Gasteiger partial charge in [-0.1, -0.05) is 0 Å². The van der Waals surface area contributed by atoms with Crippen molar-refractivity contribution in [3.63, 3.8) is 0 Å². The summed E-state index contributed by atoms with van der Waals surface area (Å²) in [4.78, 5) is 44.5. The summed E-state index contributed by atoms with van der Waals surface area (Å²) in [6, 6.07) is 0. The number of carboxylic acid groups (broad SMARTS) is 4. The molecule has 0 saturated heterocycles. The monoisotopic (exact) mass is 367 g/mol. The molecule has 0 aromatic rings. The van der Waals surface area contributed by atoms with Gasteiger partial charge in [0, 0.05) is 68.3 Å². The van der Waals surface area contributed by atoms with E-state index in [1.54, 1.807) is 0 Å². The first kappa shape index (κ1) is 21.1. The van der Waals surface area contributed by atoms with Gasteiger partial charge in [0.25, 0.3) is 0 Å². The molecule has 1 unspecified atom stereocenters. The molecule has 1 atom stereocenters. The molecule has 144 valence electrons. The molecule has 26 heavy (non-hydrogen) atoms. The molecule has 0 radical (unpaired) electrons. The first-order valence-electron chi connectivity index (χ1n) is 7.49. The van der Waals surface area contributed by atoms with E-state index in [-0.39, 0.29) is 29.0 Å². The molecule has 1 heterocycles. The van der Waals surface area contributed by atoms with Gasteiger partial charge < -0.3 is 56.4 Å². The van der Waals surface area contributed by atoms with Gasteiger partial charge in [0.05, 0.1) is 5.54 Å². The van der Waals surface area contributed by atoms with E-state index in [0.717, 1.165) is 0 Å². The van der Waals surface area contributed by atoms with Crippen LogP contribution < -0.4 is 37.2 Å². The zero-order valence-electron chi connectivity index (χ0n) is 13.7. The minimum atomic E-state index is -1.73. The Morgan fingerprint density at radius 1 is 0.808 bits per heavy atom. The van der Waals surface area contributed by atoms with Crippen molar-refractivity contribution in [2.45, 2.75) is 31.2 Å². The number of nitrogens with one attached hydrogen (secondary N) is 1. The fraction of sp³-hybridized carbons (Fsp3) is 0.467. The van der Waals surface area contributed by atoms with Crippen molar-refractivity contribution in [3.05, 3.63) is 22.4 Å². The largest absolute Gasteiger partial charge is 0.550 e. The molecule has 11 nitrogen and oxygen atoms in total. The van der Waals surface area contributed by atoms with Gasteiger partial charge in [-0.15, -0.1) is 0 Å². The molecule has 0 amide bonds. The van der Waals surface area contributed by atoms with E-state index in [1.165, 1.54) is 0 Å². The maximum absolute atomic E-state index is 11.2. The molecule has 5 N–H and O–H groups in total. The number of dihydropyridines is 1. The van der Waals surface area contributed by atoms with Crippen LogP contribution in [0.15, 0.2) is 22.4 Å². The molecule has 1 aliphatic rings. The minimum Gasteiger partial charge on any atom is -0.550 e. The fourth-order valence-corrected chi connectivity index (χ4v) is 3.05. The Morgan fingerprint density at radius 3 is 1.69 bits per heavy atom. The summed E-state index contributed by atoms with van der Waals surface area (Å²) in [6.45, 7) is -0.769. The highest BCUT2D eigenvalue weighted by Crippen LogP contribution is 2.38. The predicted molar refractivity (Wildman–Crippen MR) is 76.5 cm³/mol. The van der Waals surface area contributed by atoms with Crippen LogP contribution in [0.25, 0.3) is 0 Å². The van der Waals surface area contributed by atoms with Crippen molar-refractivity contribution >= 4 is 23.9 Å². The summed E-state index contributed by atoms with van der Waals surface area (Å²) in [5, 5.41) is 47.2. The van der Waals surface area contributed by atoms with Gasteiger partial charge in [-0.25, -0.2) is 0 Å². The second kappa shape index (κ2) is 8.45. The highest BCUT2D eigenvalue weighted by Gasteiger charge is 2.40. The summed E-state index contributed by atoms with van der Waals surface area (Å²) in [6.07, 6.45) is -3.32. The molecule has 1 rings (SSSR count). The molecular formula is C15H17N3O8-4. The normalized spacial score (nSPS) is 19.9. The molecule has 0 saturated carbocycles. The smallest absolute Gasteiger partial charge is 0.0766 e. The molecule has 1 aliphatic heterocycles. The lowest BCUT2D eigenvalue weighted by molar-refractivity contribution is -0.309. The average Bonchev–Trinajstić information content (AvgIpc) is 2.51. The lowest BCUT2D eigenvalue weighted by atomic mass is 9.74. The number of nitrogens with two attached hydrogens (primary N) is 2. The zero-order chi connectivity index (χ0) is 20.1. The number of rotatable bonds is 10. The number of carboxylic acids is 4. The highest BCUT2D eigenvalue weighted by atomic mass is 16.4. The molecular weight excluding hydrogens is 350 g/mol. The minimum absolute atomic E-state index is 0.0132. The number of carbonyl (C=O) groups excluding carboxylic acids is 4. The van der Waals surface area contributed by atoms with Crippen molar-refractivity contribution < 1.29 is 39.6 Å². The van der Waals surface area contributed by atoms with Gasteiger partial charge in [0.1, 0.15) is 0 Å². The summed E-state index contributed by atoms with van der Waals surface area (Å²) in [5.41, 5.74) is 8.92. The first-order chi connectivity index (χ1) is 12.1. The quantitative estimate of drug-likeness (QED) is 0.329. The summed E-state index contributed by atoms with van der Waals surface area (Å²) in [5.74, 6) is -6.44. The Kier molecular flexibility index (Phi) is 6.86. The first-order valence-corrected chi connectivity index (χ1v) is 7.49. The Labute approximate surface area is 148 Å². The lowest BCUT2D eigenvalue weighted by Crippen LogP contribution is -2.59. The van der Waals surface area contributed by atoms with Crippen LogP contribution in [0, 0.1) is 0 Å². The Hall–Kier alpha value is -2.92. The van der Waals surface area contributed by atoms with Gasteiger partial charge in [0.15, 0.2) is 0 Å². The van der Waals surface area contributed by atoms with Crippen LogP contribution in [0.5, 0.6) is 0 Å². The molecule has 0 spiro atoms. The maximum Gasteiger partial charge on any atom is 0.0766 e. The summed E-state index contributed by atoms with van der Waals surface area (Å²) >= 11 is 0. The van der Waals surface area contributed by atoms with E-state index in [1.807, 2.05) is 0 Å². The van der Waals surface area contributed by atoms with Crippen molar-refractivity contribution in [3.8, 4) is 0 Å². The Morgan fingerprint density at radius 2 is 1.31 bits per heavy atom. The molecule has 11 heteroatoms. The van der Waals surface area contributed by atoms with Crippen LogP contribution in [0.4, 0.5) is 0 Å². The van der Waals surface area contributed by atoms with Crippen molar-refractivity contribution in [1.82, 2.24) is 5.32 Å². The maximum atomic E-state index is 11.2. The van der Waals surface area contributed by atoms with E-state index in [2.05, 4.69) is 5.32 Å². The summed E-state index contributed by atoms with van der Waals surface area (Å²) in [7, 11) is 0. The van der Waals surface area contributed by atoms with E-state index in [9.17, 15) is 39.6 Å². The van der Waals surface area contributed by atoms with Gasteiger partial charge >= 0.3 is 0 Å². The molecule has 0 aromatic heterocycles. The third-order valence-corrected chi connectivity index (χ3v) is 4.02. The predicted octanol–water partition coefficient (Wildman–Crippen LogP) is -6.64. The van der Waals surface area contributed by atoms with Gasteiger partial charge in [-0.3, -0.25) is 0 Å². The molecule has 0 aromatic carbocycles. The van der Waals surface area contributed by atoms with Gasteiger partial charge in [-0.05, 0) is 16.7 Å². The lowest BCUT2D eigenvalue weighted by Gasteiger charge is -2.44. The van der Waals surface area contributed by atoms with E-state index in [0.29, 0.717) is 0 Å². The third kappa shape index (κ3) is 4.80. The van der Waals surface area contributed by atoms with Crippen molar-refractivity contribution in [2.24, 2.45) is 11.5 Å². The summed E-state index contributed by atoms with van der Waals surface area (Å²) < 4.78 is 0. The second-order valence-electron chi connectivity index (χ2n) is 5.72. The van der Waals surface area contributed by atoms with Crippen molar-refractivity contribution in [1.29, 1.82) is 0 Å². The zero-order valence-corrected chi connectivity index (χ0v) is 13.7. The molecule has 0 aliphatic carbocycles. The van der Waals surface area contributed by atoms with E-state index < -0.39 is 61.6 Å².